The van der Waals surface area contributed by atoms with Gasteiger partial charge in [0, 0.05) is 19.5 Å². The maximum absolute atomic E-state index is 12.6. The van der Waals surface area contributed by atoms with Crippen LogP contribution >= 0.6 is 11.3 Å². The van der Waals surface area contributed by atoms with Gasteiger partial charge in [-0.05, 0) is 42.5 Å². The lowest BCUT2D eigenvalue weighted by Crippen LogP contribution is -2.13. The zero-order chi connectivity index (χ0) is 22.8. The molecule has 7 nitrogen and oxygen atoms in total. The number of ether oxygens (including phenoxy) is 2. The number of nitrogens with zero attached hydrogens (tertiary/aromatic N) is 2. The molecule has 1 aromatic carbocycles. The number of carbonyl (C=O) groups is 2. The van der Waals surface area contributed by atoms with E-state index in [4.69, 9.17) is 15.2 Å². The molecule has 1 aliphatic rings. The average molecular weight is 454 g/mol. The molecule has 2 heterocycles. The summed E-state index contributed by atoms with van der Waals surface area (Å²) in [7, 11) is 3.42. The highest BCUT2D eigenvalue weighted by Crippen LogP contribution is 2.48. The van der Waals surface area contributed by atoms with Gasteiger partial charge in [0.2, 0.25) is 0 Å². The minimum atomic E-state index is -0.461. The van der Waals surface area contributed by atoms with Gasteiger partial charge in [-0.15, -0.1) is 0 Å². The van der Waals surface area contributed by atoms with Gasteiger partial charge in [0.05, 0.1) is 35.0 Å². The number of thiophene rings is 1. The maximum atomic E-state index is 12.6. The first kappa shape index (κ1) is 22.1. The smallest absolute Gasteiger partial charge is 0.259 e. The molecular formula is C24H27N3O4S. The molecule has 8 heteroatoms. The fourth-order valence-electron chi connectivity index (χ4n) is 4.18. The monoisotopic (exact) mass is 453 g/mol. The molecule has 0 aliphatic heterocycles. The molecule has 32 heavy (non-hydrogen) atoms. The summed E-state index contributed by atoms with van der Waals surface area (Å²) >= 11 is 1.25. The van der Waals surface area contributed by atoms with Crippen molar-refractivity contribution in [3.63, 3.8) is 0 Å². The molecule has 4 rings (SSSR count). The number of unbranched alkanes of at least 4 members (excludes halogenated alkanes) is 2. The van der Waals surface area contributed by atoms with Crippen molar-refractivity contribution in [3.05, 3.63) is 46.0 Å². The van der Waals surface area contributed by atoms with Crippen LogP contribution in [0.1, 0.15) is 63.8 Å². The second kappa shape index (κ2) is 9.16. The van der Waals surface area contributed by atoms with Gasteiger partial charge in [-0.1, -0.05) is 31.1 Å². The Bertz CT molecular complexity index is 1180. The number of nitrogens with two attached hydrogens (primary N) is 1. The normalized spacial score (nSPS) is 12.2. The second-order valence-corrected chi connectivity index (χ2v) is 8.91. The van der Waals surface area contributed by atoms with E-state index in [1.807, 2.05) is 13.2 Å². The number of Topliss-reactive ketones (excluding diaryl/α,β-unsaturated/α-hetero) is 1. The predicted molar refractivity (Wildman–Crippen MR) is 124 cm³/mol. The topological polar surface area (TPSA) is 96.4 Å². The van der Waals surface area contributed by atoms with Crippen molar-refractivity contribution in [3.8, 4) is 27.8 Å². The van der Waals surface area contributed by atoms with E-state index in [1.54, 1.807) is 30.0 Å². The van der Waals surface area contributed by atoms with Crippen LogP contribution in [0.4, 0.5) is 0 Å². The van der Waals surface area contributed by atoms with Gasteiger partial charge in [0.25, 0.3) is 5.91 Å². The second-order valence-electron chi connectivity index (χ2n) is 7.92. The molecule has 0 spiro atoms. The molecule has 0 fully saturated rings. The number of carbonyl (C=O) groups excluding carboxylic acids is 2. The summed E-state index contributed by atoms with van der Waals surface area (Å²) < 4.78 is 13.5. The number of amides is 1. The average Bonchev–Trinajstić information content (AvgIpc) is 3.34. The van der Waals surface area contributed by atoms with E-state index in [2.05, 4.69) is 12.0 Å². The highest BCUT2D eigenvalue weighted by Gasteiger charge is 2.31. The number of benzene rings is 1. The number of fused-ring (bicyclic) bond motifs is 3. The van der Waals surface area contributed by atoms with Crippen molar-refractivity contribution in [1.29, 1.82) is 0 Å². The number of ketones is 1. The van der Waals surface area contributed by atoms with Crippen LogP contribution in [-0.2, 0) is 19.9 Å². The van der Waals surface area contributed by atoms with Crippen LogP contribution < -0.4 is 15.2 Å². The Balaban J connectivity index is 1.69. The molecule has 2 aromatic heterocycles. The van der Waals surface area contributed by atoms with E-state index in [0.717, 1.165) is 48.1 Å². The van der Waals surface area contributed by atoms with Crippen LogP contribution in [0.3, 0.4) is 0 Å². The van der Waals surface area contributed by atoms with Crippen molar-refractivity contribution < 1.29 is 19.1 Å². The Kier molecular flexibility index (Phi) is 6.32. The van der Waals surface area contributed by atoms with Gasteiger partial charge in [0.15, 0.2) is 10.8 Å². The van der Waals surface area contributed by atoms with Crippen molar-refractivity contribution in [2.45, 2.75) is 45.4 Å². The highest BCUT2D eigenvalue weighted by molar-refractivity contribution is 7.16. The SMILES string of the molecule is CCCCCC(=O)c1ccc(Oc2sc(C(N)=O)c3c2-c2c(cnn2C)CC3)cc1OC. The Hall–Kier alpha value is -3.13. The van der Waals surface area contributed by atoms with Crippen molar-refractivity contribution >= 4 is 23.0 Å². The van der Waals surface area contributed by atoms with Crippen molar-refractivity contribution in [1.82, 2.24) is 9.78 Å². The van der Waals surface area contributed by atoms with E-state index in [1.165, 1.54) is 11.3 Å². The maximum Gasteiger partial charge on any atom is 0.259 e. The first-order valence-corrected chi connectivity index (χ1v) is 11.6. The zero-order valence-corrected chi connectivity index (χ0v) is 19.4. The third-order valence-electron chi connectivity index (χ3n) is 5.79. The minimum absolute atomic E-state index is 0.0610. The van der Waals surface area contributed by atoms with E-state index >= 15 is 0 Å². The first-order valence-electron chi connectivity index (χ1n) is 10.8. The summed E-state index contributed by atoms with van der Waals surface area (Å²) in [6.07, 6.45) is 6.81. The largest absolute Gasteiger partial charge is 0.496 e. The van der Waals surface area contributed by atoms with Gasteiger partial charge in [-0.25, -0.2) is 0 Å². The molecule has 0 saturated heterocycles. The summed E-state index contributed by atoms with van der Waals surface area (Å²) in [4.78, 5) is 25.2. The minimum Gasteiger partial charge on any atom is -0.496 e. The van der Waals surface area contributed by atoms with Crippen LogP contribution in [0.25, 0.3) is 11.3 Å². The van der Waals surface area contributed by atoms with Crippen molar-refractivity contribution in [2.24, 2.45) is 12.8 Å². The lowest BCUT2D eigenvalue weighted by molar-refractivity contribution is 0.0974. The fraction of sp³-hybridized carbons (Fsp3) is 0.375. The lowest BCUT2D eigenvalue weighted by Gasteiger charge is -2.16. The Morgan fingerprint density at radius 1 is 1.25 bits per heavy atom. The van der Waals surface area contributed by atoms with Crippen molar-refractivity contribution in [2.75, 3.05) is 7.11 Å². The number of hydrogen-bond acceptors (Lipinski definition) is 6. The molecular weight excluding hydrogens is 426 g/mol. The van der Waals surface area contributed by atoms with E-state index in [9.17, 15) is 9.59 Å². The molecule has 0 saturated carbocycles. The first-order chi connectivity index (χ1) is 15.4. The summed E-state index contributed by atoms with van der Waals surface area (Å²) in [5.41, 5.74) is 10.0. The summed E-state index contributed by atoms with van der Waals surface area (Å²) in [5.74, 6) is 0.607. The number of hydrogen-bond donors (Lipinski definition) is 1. The number of methoxy groups -OCH3 is 1. The van der Waals surface area contributed by atoms with Crippen LogP contribution in [0.2, 0.25) is 0 Å². The van der Waals surface area contributed by atoms with Crippen LogP contribution in [0.5, 0.6) is 16.6 Å². The molecule has 168 valence electrons. The fourth-order valence-corrected chi connectivity index (χ4v) is 5.25. The molecule has 3 aromatic rings. The molecule has 0 atom stereocenters. The van der Waals surface area contributed by atoms with Gasteiger partial charge in [0.1, 0.15) is 11.5 Å². The van der Waals surface area contributed by atoms with E-state index < -0.39 is 5.91 Å². The zero-order valence-electron chi connectivity index (χ0n) is 18.6. The number of aryl methyl sites for hydroxylation is 2. The van der Waals surface area contributed by atoms with Gasteiger partial charge < -0.3 is 15.2 Å². The third-order valence-corrected chi connectivity index (χ3v) is 6.91. The number of primary amides is 1. The third kappa shape index (κ3) is 4.02. The van der Waals surface area contributed by atoms with Crippen LogP contribution in [0, 0.1) is 0 Å². The van der Waals surface area contributed by atoms with Gasteiger partial charge in [-0.3, -0.25) is 14.3 Å². The molecule has 0 radical (unpaired) electrons. The van der Waals surface area contributed by atoms with E-state index in [0.29, 0.717) is 39.8 Å². The molecule has 2 N–H and O–H groups in total. The highest BCUT2D eigenvalue weighted by atomic mass is 32.1. The Morgan fingerprint density at radius 3 is 2.78 bits per heavy atom. The predicted octanol–water partition coefficient (Wildman–Crippen LogP) is 4.91. The lowest BCUT2D eigenvalue weighted by atomic mass is 9.91. The summed E-state index contributed by atoms with van der Waals surface area (Å²) in [6, 6.07) is 5.22. The molecule has 0 bridgehead atoms. The summed E-state index contributed by atoms with van der Waals surface area (Å²) in [5, 5.41) is 4.97. The molecule has 0 unspecified atom stereocenters. The quantitative estimate of drug-likeness (QED) is 0.367. The van der Waals surface area contributed by atoms with Crippen LogP contribution in [0.15, 0.2) is 24.4 Å². The number of rotatable bonds is 9. The van der Waals surface area contributed by atoms with Gasteiger partial charge >= 0.3 is 0 Å². The van der Waals surface area contributed by atoms with Gasteiger partial charge in [-0.2, -0.15) is 5.10 Å². The number of aromatic nitrogens is 2. The standard InChI is InChI=1S/C24H27N3O4S/c1-4-5-6-7-18(28)16-11-9-15(12-19(16)30-3)31-24-20-17(22(32-24)23(25)29)10-8-14-13-26-27(2)21(14)20/h9,11-13H,4-8,10H2,1-3H3,(H2,25,29). The summed E-state index contributed by atoms with van der Waals surface area (Å²) in [6.45, 7) is 2.11. The Labute approximate surface area is 191 Å². The molecule has 1 amide bonds. The van der Waals surface area contributed by atoms with E-state index in [-0.39, 0.29) is 5.78 Å². The van der Waals surface area contributed by atoms with Crippen LogP contribution in [-0.4, -0.2) is 28.6 Å². The molecule has 1 aliphatic carbocycles. The Morgan fingerprint density at radius 2 is 2.06 bits per heavy atom.